The highest BCUT2D eigenvalue weighted by molar-refractivity contribution is 5.95. The Morgan fingerprint density at radius 3 is 2.32 bits per heavy atom. The maximum Gasteiger partial charge on any atom is 0.270 e. The van der Waals surface area contributed by atoms with Gasteiger partial charge in [-0.1, -0.05) is 45.0 Å². The molecule has 0 bridgehead atoms. The van der Waals surface area contributed by atoms with Crippen molar-refractivity contribution in [3.05, 3.63) is 52.3 Å². The summed E-state index contributed by atoms with van der Waals surface area (Å²) in [6.45, 7) is 8.65. The molecule has 0 saturated heterocycles. The molecule has 0 spiro atoms. The first-order valence-corrected chi connectivity index (χ1v) is 8.28. The summed E-state index contributed by atoms with van der Waals surface area (Å²) in [5.41, 5.74) is 9.22. The molecule has 0 atom stereocenters. The normalized spacial score (nSPS) is 11.4. The van der Waals surface area contributed by atoms with Crippen molar-refractivity contribution in [2.24, 2.45) is 12.8 Å². The van der Waals surface area contributed by atoms with E-state index >= 15 is 0 Å². The monoisotopic (exact) mass is 342 g/mol. The fourth-order valence-corrected chi connectivity index (χ4v) is 2.76. The minimum Gasteiger partial charge on any atom is -0.369 e. The molecule has 2 amide bonds. The lowest BCUT2D eigenvalue weighted by atomic mass is 9.87. The second-order valence-corrected chi connectivity index (χ2v) is 7.31. The van der Waals surface area contributed by atoms with E-state index in [9.17, 15) is 9.59 Å². The van der Waals surface area contributed by atoms with Gasteiger partial charge in [0.25, 0.3) is 5.91 Å². The lowest BCUT2D eigenvalue weighted by Crippen LogP contribution is -2.27. The van der Waals surface area contributed by atoms with Crippen LogP contribution in [0, 0.1) is 6.92 Å². The van der Waals surface area contributed by atoms with Gasteiger partial charge >= 0.3 is 0 Å². The van der Waals surface area contributed by atoms with Gasteiger partial charge in [0.1, 0.15) is 5.69 Å². The summed E-state index contributed by atoms with van der Waals surface area (Å²) >= 11 is 0. The third kappa shape index (κ3) is 4.47. The molecule has 6 nitrogen and oxygen atoms in total. The van der Waals surface area contributed by atoms with E-state index in [0.717, 1.165) is 5.56 Å². The highest BCUT2D eigenvalue weighted by Crippen LogP contribution is 2.22. The minimum absolute atomic E-state index is 0.00268. The number of nitrogens with one attached hydrogen (secondary N) is 1. The van der Waals surface area contributed by atoms with Crippen molar-refractivity contribution >= 4 is 11.8 Å². The zero-order chi connectivity index (χ0) is 18.8. The van der Waals surface area contributed by atoms with E-state index in [1.165, 1.54) is 10.2 Å². The molecule has 1 aromatic heterocycles. The molecule has 3 N–H and O–H groups in total. The van der Waals surface area contributed by atoms with Crippen LogP contribution in [0.4, 0.5) is 0 Å². The number of amides is 2. The molecule has 0 radical (unpaired) electrons. The van der Waals surface area contributed by atoms with Gasteiger partial charge in [-0.2, -0.15) is 5.10 Å². The average molecular weight is 342 g/mol. The molecule has 25 heavy (non-hydrogen) atoms. The third-order valence-corrected chi connectivity index (χ3v) is 4.19. The molecule has 0 aliphatic rings. The maximum atomic E-state index is 12.6. The lowest BCUT2D eigenvalue weighted by molar-refractivity contribution is -0.117. The van der Waals surface area contributed by atoms with E-state index in [-0.39, 0.29) is 17.7 Å². The first-order chi connectivity index (χ1) is 11.6. The van der Waals surface area contributed by atoms with Crippen molar-refractivity contribution in [2.45, 2.75) is 46.1 Å². The van der Waals surface area contributed by atoms with Crippen molar-refractivity contribution in [2.75, 3.05) is 0 Å². The first-order valence-electron chi connectivity index (χ1n) is 8.28. The maximum absolute atomic E-state index is 12.6. The predicted octanol–water partition coefficient (Wildman–Crippen LogP) is 1.98. The molecule has 6 heteroatoms. The fraction of sp³-hybridized carbons (Fsp3) is 0.421. The van der Waals surface area contributed by atoms with E-state index in [1.807, 2.05) is 12.1 Å². The average Bonchev–Trinajstić information content (AvgIpc) is 2.78. The summed E-state index contributed by atoms with van der Waals surface area (Å²) in [7, 11) is 1.69. The number of hydrogen-bond donors (Lipinski definition) is 2. The number of aryl methyl sites for hydroxylation is 2. The summed E-state index contributed by atoms with van der Waals surface area (Å²) in [6, 6.07) is 8.18. The second-order valence-electron chi connectivity index (χ2n) is 7.31. The summed E-state index contributed by atoms with van der Waals surface area (Å²) in [4.78, 5) is 23.8. The molecule has 0 aliphatic carbocycles. The Morgan fingerprint density at radius 1 is 1.20 bits per heavy atom. The number of nitrogens with two attached hydrogens (primary N) is 1. The van der Waals surface area contributed by atoms with Crippen LogP contribution in [-0.2, 0) is 30.2 Å². The smallest absolute Gasteiger partial charge is 0.270 e. The molecule has 2 rings (SSSR count). The van der Waals surface area contributed by atoms with Crippen LogP contribution in [0.2, 0.25) is 0 Å². The summed E-state index contributed by atoms with van der Waals surface area (Å²) in [6.07, 6.45) is 0.00268. The Bertz CT molecular complexity index is 783. The van der Waals surface area contributed by atoms with Crippen LogP contribution in [0.3, 0.4) is 0 Å². The number of benzene rings is 1. The topological polar surface area (TPSA) is 90.0 Å². The van der Waals surface area contributed by atoms with Crippen LogP contribution in [0.5, 0.6) is 0 Å². The van der Waals surface area contributed by atoms with E-state index in [0.29, 0.717) is 23.5 Å². The van der Waals surface area contributed by atoms with Crippen molar-refractivity contribution in [1.29, 1.82) is 0 Å². The Balaban J connectivity index is 2.12. The molecule has 134 valence electrons. The van der Waals surface area contributed by atoms with E-state index in [4.69, 9.17) is 5.73 Å². The highest BCUT2D eigenvalue weighted by atomic mass is 16.2. The largest absolute Gasteiger partial charge is 0.369 e. The van der Waals surface area contributed by atoms with Crippen LogP contribution in [-0.4, -0.2) is 21.6 Å². The van der Waals surface area contributed by atoms with Gasteiger partial charge in [-0.15, -0.1) is 0 Å². The van der Waals surface area contributed by atoms with Gasteiger partial charge in [-0.25, -0.2) is 0 Å². The Hall–Kier alpha value is -2.63. The number of carbonyl (C=O) groups excluding carboxylic acids is 2. The number of carbonyl (C=O) groups is 2. The number of primary amides is 1. The molecule has 0 saturated carbocycles. The molecule has 1 aromatic carbocycles. The summed E-state index contributed by atoms with van der Waals surface area (Å²) in [5.74, 6) is -0.748. The molecule has 2 aromatic rings. The second kappa shape index (κ2) is 7.09. The molecule has 0 aliphatic heterocycles. The number of rotatable bonds is 5. The van der Waals surface area contributed by atoms with Gasteiger partial charge in [0.2, 0.25) is 5.91 Å². The molecular weight excluding hydrogens is 316 g/mol. The van der Waals surface area contributed by atoms with Gasteiger partial charge in [0.15, 0.2) is 0 Å². The fourth-order valence-electron chi connectivity index (χ4n) is 2.76. The van der Waals surface area contributed by atoms with Crippen molar-refractivity contribution in [1.82, 2.24) is 15.1 Å². The van der Waals surface area contributed by atoms with Gasteiger partial charge in [0.05, 0.1) is 12.1 Å². The number of hydrogen-bond acceptors (Lipinski definition) is 3. The van der Waals surface area contributed by atoms with Gasteiger partial charge < -0.3 is 11.1 Å². The van der Waals surface area contributed by atoms with Gasteiger partial charge in [-0.3, -0.25) is 14.3 Å². The lowest BCUT2D eigenvalue weighted by Gasteiger charge is -2.19. The Kier molecular flexibility index (Phi) is 5.30. The molecular formula is C19H26N4O2. The van der Waals surface area contributed by atoms with Crippen LogP contribution < -0.4 is 11.1 Å². The standard InChI is InChI=1S/C19H26N4O2/c1-12-15(10-16(20)24)17(23(5)22-12)18(25)21-11-13-6-8-14(9-7-13)19(2,3)4/h6-9H,10-11H2,1-5H3,(H2,20,24)(H,21,25). The van der Waals surface area contributed by atoms with Gasteiger partial charge in [-0.05, 0) is 23.5 Å². The molecule has 1 heterocycles. The van der Waals surface area contributed by atoms with Crippen molar-refractivity contribution < 1.29 is 9.59 Å². The van der Waals surface area contributed by atoms with Crippen LogP contribution in [0.25, 0.3) is 0 Å². The highest BCUT2D eigenvalue weighted by Gasteiger charge is 2.21. The van der Waals surface area contributed by atoms with Crippen molar-refractivity contribution in [3.63, 3.8) is 0 Å². The predicted molar refractivity (Wildman–Crippen MR) is 97.2 cm³/mol. The summed E-state index contributed by atoms with van der Waals surface area (Å²) in [5, 5.41) is 7.12. The Labute approximate surface area is 148 Å². The zero-order valence-electron chi connectivity index (χ0n) is 15.5. The number of aromatic nitrogens is 2. The third-order valence-electron chi connectivity index (χ3n) is 4.19. The van der Waals surface area contributed by atoms with Gasteiger partial charge in [0, 0.05) is 19.2 Å². The van der Waals surface area contributed by atoms with E-state index < -0.39 is 5.91 Å². The van der Waals surface area contributed by atoms with E-state index in [2.05, 4.69) is 43.3 Å². The Morgan fingerprint density at radius 2 is 1.80 bits per heavy atom. The molecule has 0 unspecified atom stereocenters. The SMILES string of the molecule is Cc1nn(C)c(C(=O)NCc2ccc(C(C)(C)C)cc2)c1CC(N)=O. The van der Waals surface area contributed by atoms with Crippen LogP contribution in [0.15, 0.2) is 24.3 Å². The number of nitrogens with zero attached hydrogens (tertiary/aromatic N) is 2. The van der Waals surface area contributed by atoms with Crippen LogP contribution in [0.1, 0.15) is 53.6 Å². The quantitative estimate of drug-likeness (QED) is 0.870. The zero-order valence-corrected chi connectivity index (χ0v) is 15.5. The summed E-state index contributed by atoms with van der Waals surface area (Å²) < 4.78 is 1.49. The first kappa shape index (κ1) is 18.7. The van der Waals surface area contributed by atoms with Crippen LogP contribution >= 0.6 is 0 Å². The van der Waals surface area contributed by atoms with E-state index in [1.54, 1.807) is 14.0 Å². The molecule has 0 fully saturated rings. The minimum atomic E-state index is -0.483. The van der Waals surface area contributed by atoms with Crippen molar-refractivity contribution in [3.8, 4) is 0 Å².